The van der Waals surface area contributed by atoms with Crippen molar-refractivity contribution in [2.75, 3.05) is 20.3 Å². The van der Waals surface area contributed by atoms with Gasteiger partial charge < -0.3 is 9.64 Å². The Kier molecular flexibility index (Phi) is 7.77. The third-order valence-corrected chi connectivity index (χ3v) is 4.52. The molecule has 0 atom stereocenters. The van der Waals surface area contributed by atoms with E-state index in [1.54, 1.807) is 7.11 Å². The number of hydrogen-bond acceptors (Lipinski definition) is 2. The van der Waals surface area contributed by atoms with Crippen molar-refractivity contribution in [3.63, 3.8) is 0 Å². The average Bonchev–Trinajstić information content (AvgIpc) is 2.45. The zero-order valence-corrected chi connectivity index (χ0v) is 15.3. The molecule has 1 amide bonds. The second-order valence-electron chi connectivity index (χ2n) is 4.59. The lowest BCUT2D eigenvalue weighted by Gasteiger charge is -2.31. The lowest BCUT2D eigenvalue weighted by atomic mass is 10.1. The molecule has 0 aliphatic carbocycles. The van der Waals surface area contributed by atoms with Crippen molar-refractivity contribution < 1.29 is 9.53 Å². The van der Waals surface area contributed by atoms with Gasteiger partial charge in [0.2, 0.25) is 0 Å². The second kappa shape index (κ2) is 8.80. The van der Waals surface area contributed by atoms with Gasteiger partial charge in [-0.2, -0.15) is 0 Å². The number of hydrogen-bond donors (Lipinski definition) is 0. The number of benzene rings is 1. The fraction of sp³-hybridized carbons (Fsp3) is 0.533. The molecule has 1 aromatic carbocycles. The number of methoxy groups -OCH3 is 1. The summed E-state index contributed by atoms with van der Waals surface area (Å²) in [5.41, 5.74) is 0.683. The number of carbonyl (C=O) groups is 1. The van der Waals surface area contributed by atoms with Gasteiger partial charge in [0.05, 0.1) is 12.2 Å². The molecule has 0 fully saturated rings. The van der Waals surface area contributed by atoms with Crippen molar-refractivity contribution in [3.05, 3.63) is 32.7 Å². The molecule has 1 rings (SSSR count). The smallest absolute Gasteiger partial charge is 0.255 e. The van der Waals surface area contributed by atoms with Crippen LogP contribution in [0, 0.1) is 0 Å². The molecule has 0 aliphatic heterocycles. The predicted octanol–water partition coefficient (Wildman–Crippen LogP) is 4.49. The van der Waals surface area contributed by atoms with Crippen LogP contribution in [0.15, 0.2) is 27.1 Å². The Labute approximate surface area is 137 Å². The molecule has 112 valence electrons. The Bertz CT molecular complexity index is 447. The molecule has 0 saturated carbocycles. The van der Waals surface area contributed by atoms with Crippen LogP contribution in [-0.4, -0.2) is 37.1 Å². The van der Waals surface area contributed by atoms with Crippen LogP contribution in [0.1, 0.15) is 37.0 Å². The van der Waals surface area contributed by atoms with E-state index in [-0.39, 0.29) is 11.9 Å². The van der Waals surface area contributed by atoms with Crippen molar-refractivity contribution >= 4 is 37.8 Å². The summed E-state index contributed by atoms with van der Waals surface area (Å²) >= 11 is 6.88. The van der Waals surface area contributed by atoms with Gasteiger partial charge in [-0.25, -0.2) is 0 Å². The molecule has 0 aromatic heterocycles. The van der Waals surface area contributed by atoms with Crippen LogP contribution in [0.4, 0.5) is 0 Å². The summed E-state index contributed by atoms with van der Waals surface area (Å²) in [6, 6.07) is 5.90. The summed E-state index contributed by atoms with van der Waals surface area (Å²) in [6.07, 6.45) is 1.88. The monoisotopic (exact) mass is 405 g/mol. The molecule has 0 radical (unpaired) electrons. The minimum Gasteiger partial charge on any atom is -0.383 e. The number of halogens is 2. The Morgan fingerprint density at radius 1 is 1.30 bits per heavy atom. The maximum Gasteiger partial charge on any atom is 0.255 e. The molecule has 20 heavy (non-hydrogen) atoms. The molecule has 0 heterocycles. The van der Waals surface area contributed by atoms with E-state index in [0.717, 1.165) is 21.8 Å². The van der Waals surface area contributed by atoms with Gasteiger partial charge in [-0.1, -0.05) is 29.8 Å². The maximum atomic E-state index is 12.8. The number of carbonyl (C=O) groups excluding carboxylic acids is 1. The summed E-state index contributed by atoms with van der Waals surface area (Å²) in [5.74, 6) is 0.0453. The maximum absolute atomic E-state index is 12.8. The number of rotatable bonds is 7. The van der Waals surface area contributed by atoms with E-state index < -0.39 is 0 Å². The molecule has 0 saturated heterocycles. The Morgan fingerprint density at radius 2 is 1.95 bits per heavy atom. The van der Waals surface area contributed by atoms with Crippen molar-refractivity contribution in [2.24, 2.45) is 0 Å². The van der Waals surface area contributed by atoms with Crippen molar-refractivity contribution in [1.82, 2.24) is 4.90 Å². The molecule has 0 spiro atoms. The molecule has 0 N–H and O–H groups in total. The molecule has 3 nitrogen and oxygen atoms in total. The molecule has 1 aromatic rings. The standard InChI is InChI=1S/C15H21Br2NO2/c1-4-12(5-2)18(8-9-20-3)15(19)13-10-11(16)6-7-14(13)17/h6-7,10,12H,4-5,8-9H2,1-3H3. The highest BCUT2D eigenvalue weighted by Gasteiger charge is 2.23. The number of amides is 1. The molecular weight excluding hydrogens is 386 g/mol. The van der Waals surface area contributed by atoms with E-state index in [4.69, 9.17) is 4.74 Å². The van der Waals surface area contributed by atoms with Crippen LogP contribution < -0.4 is 0 Å². The normalized spacial score (nSPS) is 10.9. The van der Waals surface area contributed by atoms with Gasteiger partial charge >= 0.3 is 0 Å². The first kappa shape index (κ1) is 17.7. The highest BCUT2D eigenvalue weighted by molar-refractivity contribution is 9.11. The van der Waals surface area contributed by atoms with Crippen molar-refractivity contribution in [1.29, 1.82) is 0 Å². The first-order chi connectivity index (χ1) is 9.54. The van der Waals surface area contributed by atoms with E-state index in [1.165, 1.54) is 0 Å². The van der Waals surface area contributed by atoms with E-state index in [2.05, 4.69) is 45.7 Å². The van der Waals surface area contributed by atoms with Crippen molar-refractivity contribution in [3.8, 4) is 0 Å². The minimum absolute atomic E-state index is 0.0453. The highest BCUT2D eigenvalue weighted by atomic mass is 79.9. The zero-order valence-electron chi connectivity index (χ0n) is 12.2. The first-order valence-electron chi connectivity index (χ1n) is 6.80. The molecule has 0 unspecified atom stereocenters. The molecule has 0 aliphatic rings. The minimum atomic E-state index is 0.0453. The van der Waals surface area contributed by atoms with Gasteiger partial charge in [0.15, 0.2) is 0 Å². The second-order valence-corrected chi connectivity index (χ2v) is 6.36. The largest absolute Gasteiger partial charge is 0.383 e. The van der Waals surface area contributed by atoms with Crippen molar-refractivity contribution in [2.45, 2.75) is 32.7 Å². The third-order valence-electron chi connectivity index (χ3n) is 3.34. The topological polar surface area (TPSA) is 29.5 Å². The van der Waals surface area contributed by atoms with E-state index in [9.17, 15) is 4.79 Å². The van der Waals surface area contributed by atoms with Crippen LogP contribution in [0.25, 0.3) is 0 Å². The SMILES string of the molecule is CCC(CC)N(CCOC)C(=O)c1cc(Br)ccc1Br. The van der Waals surface area contributed by atoms with Gasteiger partial charge in [-0.3, -0.25) is 4.79 Å². The van der Waals surface area contributed by atoms with Gasteiger partial charge in [-0.15, -0.1) is 0 Å². The summed E-state index contributed by atoms with van der Waals surface area (Å²) in [7, 11) is 1.66. The van der Waals surface area contributed by atoms with Gasteiger partial charge in [0, 0.05) is 28.6 Å². The van der Waals surface area contributed by atoms with Gasteiger partial charge in [-0.05, 0) is 47.0 Å². The van der Waals surface area contributed by atoms with Crippen LogP contribution in [-0.2, 0) is 4.74 Å². The van der Waals surface area contributed by atoms with E-state index in [1.807, 2.05) is 23.1 Å². The lowest BCUT2D eigenvalue weighted by Crippen LogP contribution is -2.42. The van der Waals surface area contributed by atoms with E-state index in [0.29, 0.717) is 18.7 Å². The Balaban J connectivity index is 3.05. The van der Waals surface area contributed by atoms with Crippen LogP contribution in [0.3, 0.4) is 0 Å². The predicted molar refractivity (Wildman–Crippen MR) is 89.1 cm³/mol. The fourth-order valence-corrected chi connectivity index (χ4v) is 2.96. The van der Waals surface area contributed by atoms with Crippen LogP contribution in [0.2, 0.25) is 0 Å². The summed E-state index contributed by atoms with van der Waals surface area (Å²) in [6.45, 7) is 5.38. The summed E-state index contributed by atoms with van der Waals surface area (Å²) in [4.78, 5) is 14.7. The van der Waals surface area contributed by atoms with Crippen LogP contribution in [0.5, 0.6) is 0 Å². The molecular formula is C15H21Br2NO2. The third kappa shape index (κ3) is 4.57. The average molecular weight is 407 g/mol. The quantitative estimate of drug-likeness (QED) is 0.667. The zero-order chi connectivity index (χ0) is 15.1. The summed E-state index contributed by atoms with van der Waals surface area (Å²) < 4.78 is 6.86. The molecule has 5 heteroatoms. The Morgan fingerprint density at radius 3 is 2.50 bits per heavy atom. The Hall–Kier alpha value is -0.390. The lowest BCUT2D eigenvalue weighted by molar-refractivity contribution is 0.0588. The molecule has 0 bridgehead atoms. The number of nitrogens with zero attached hydrogens (tertiary/aromatic N) is 1. The van der Waals surface area contributed by atoms with E-state index >= 15 is 0 Å². The van der Waals surface area contributed by atoms with Gasteiger partial charge in [0.25, 0.3) is 5.91 Å². The number of ether oxygens (including phenoxy) is 1. The van der Waals surface area contributed by atoms with Gasteiger partial charge in [0.1, 0.15) is 0 Å². The fourth-order valence-electron chi connectivity index (χ4n) is 2.19. The highest BCUT2D eigenvalue weighted by Crippen LogP contribution is 2.24. The van der Waals surface area contributed by atoms with Crippen LogP contribution >= 0.6 is 31.9 Å². The first-order valence-corrected chi connectivity index (χ1v) is 8.38. The summed E-state index contributed by atoms with van der Waals surface area (Å²) in [5, 5.41) is 0.